The van der Waals surface area contributed by atoms with Gasteiger partial charge in [-0.05, 0) is 31.1 Å². The van der Waals surface area contributed by atoms with Gasteiger partial charge < -0.3 is 10.2 Å². The molecule has 4 heteroatoms. The minimum absolute atomic E-state index is 0.182. The third-order valence-electron chi connectivity index (χ3n) is 2.90. The number of halogens is 1. The van der Waals surface area contributed by atoms with E-state index in [4.69, 9.17) is 5.11 Å². The van der Waals surface area contributed by atoms with Crippen molar-refractivity contribution >= 4 is 5.97 Å². The molecule has 3 nitrogen and oxygen atoms in total. The van der Waals surface area contributed by atoms with E-state index < -0.39 is 17.7 Å². The average molecular weight is 204 g/mol. The van der Waals surface area contributed by atoms with Gasteiger partial charge in [-0.3, -0.25) is 0 Å². The van der Waals surface area contributed by atoms with E-state index in [-0.39, 0.29) is 24.7 Å². The van der Waals surface area contributed by atoms with Crippen LogP contribution < -0.4 is 0 Å². The molecule has 2 N–H and O–H groups in total. The number of alkyl halides is 1. The Labute approximate surface area is 82.9 Å². The van der Waals surface area contributed by atoms with E-state index >= 15 is 0 Å². The summed E-state index contributed by atoms with van der Waals surface area (Å²) in [7, 11) is 0. The van der Waals surface area contributed by atoms with Gasteiger partial charge in [0, 0.05) is 0 Å². The highest BCUT2D eigenvalue weighted by Gasteiger charge is 2.46. The normalized spacial score (nSPS) is 40.6. The summed E-state index contributed by atoms with van der Waals surface area (Å²) in [5.74, 6) is -1.20. The summed E-state index contributed by atoms with van der Waals surface area (Å²) in [6.07, 6.45) is -0.753. The Morgan fingerprint density at radius 2 is 1.86 bits per heavy atom. The van der Waals surface area contributed by atoms with Crippen LogP contribution in [0, 0.1) is 11.8 Å². The molecule has 82 valence electrons. The van der Waals surface area contributed by atoms with Crippen LogP contribution in [0.5, 0.6) is 0 Å². The maximum absolute atomic E-state index is 13.3. The molecule has 0 aromatic carbocycles. The Morgan fingerprint density at radius 1 is 1.43 bits per heavy atom. The van der Waals surface area contributed by atoms with Gasteiger partial charge in [-0.2, -0.15) is 0 Å². The maximum atomic E-state index is 13.3. The number of aliphatic carboxylic acids is 1. The molecule has 0 aromatic heterocycles. The van der Waals surface area contributed by atoms with E-state index in [2.05, 4.69) is 0 Å². The highest BCUT2D eigenvalue weighted by Crippen LogP contribution is 2.39. The predicted octanol–water partition coefficient (Wildman–Crippen LogP) is 1.60. The minimum atomic E-state index is -2.16. The van der Waals surface area contributed by atoms with Gasteiger partial charge in [0.15, 0.2) is 0 Å². The molecule has 1 fully saturated rings. The molecule has 0 bridgehead atoms. The van der Waals surface area contributed by atoms with Crippen LogP contribution in [-0.2, 0) is 4.79 Å². The van der Waals surface area contributed by atoms with E-state index in [1.807, 2.05) is 13.8 Å². The van der Waals surface area contributed by atoms with E-state index in [1.165, 1.54) is 0 Å². The van der Waals surface area contributed by atoms with Gasteiger partial charge in [0.2, 0.25) is 6.17 Å². The quantitative estimate of drug-likeness (QED) is 0.718. The fraction of sp³-hybridized carbons (Fsp3) is 0.900. The van der Waals surface area contributed by atoms with Crippen molar-refractivity contribution in [3.63, 3.8) is 0 Å². The molecule has 1 aliphatic rings. The number of rotatable bonds is 2. The largest absolute Gasteiger partial charge is 0.479 e. The zero-order chi connectivity index (χ0) is 10.9. The number of hydrogen-bond donors (Lipinski definition) is 2. The van der Waals surface area contributed by atoms with Gasteiger partial charge in [-0.25, -0.2) is 9.18 Å². The van der Waals surface area contributed by atoms with Crippen LogP contribution in [0.15, 0.2) is 0 Å². The maximum Gasteiger partial charge on any atom is 0.341 e. The predicted molar refractivity (Wildman–Crippen MR) is 49.7 cm³/mol. The SMILES string of the molecule is CC1CC(C)CC(O)(C(F)C(=O)O)C1. The van der Waals surface area contributed by atoms with E-state index in [1.54, 1.807) is 0 Å². The van der Waals surface area contributed by atoms with Gasteiger partial charge in [0.25, 0.3) is 0 Å². The van der Waals surface area contributed by atoms with Crippen molar-refractivity contribution in [1.82, 2.24) is 0 Å². The monoisotopic (exact) mass is 204 g/mol. The Bertz CT molecular complexity index is 219. The zero-order valence-corrected chi connectivity index (χ0v) is 8.53. The number of carboxylic acid groups (broad SMARTS) is 1. The molecule has 3 unspecified atom stereocenters. The molecule has 1 aliphatic carbocycles. The number of aliphatic hydroxyl groups is 1. The van der Waals surface area contributed by atoms with Crippen LogP contribution in [-0.4, -0.2) is 28.0 Å². The summed E-state index contributed by atoms with van der Waals surface area (Å²) in [4.78, 5) is 10.5. The first-order chi connectivity index (χ1) is 6.35. The second kappa shape index (κ2) is 3.85. The molecule has 0 heterocycles. The first kappa shape index (κ1) is 11.4. The molecule has 0 aliphatic heterocycles. The summed E-state index contributed by atoms with van der Waals surface area (Å²) in [6, 6.07) is 0. The summed E-state index contributed by atoms with van der Waals surface area (Å²) in [5, 5.41) is 18.4. The molecule has 0 saturated heterocycles. The van der Waals surface area contributed by atoms with Crippen LogP contribution in [0.25, 0.3) is 0 Å². The molecule has 1 saturated carbocycles. The molecular weight excluding hydrogens is 187 g/mol. The van der Waals surface area contributed by atoms with Gasteiger partial charge >= 0.3 is 5.97 Å². The lowest BCUT2D eigenvalue weighted by atomic mass is 9.72. The van der Waals surface area contributed by atoms with Crippen LogP contribution in [0.1, 0.15) is 33.1 Å². The number of hydrogen-bond acceptors (Lipinski definition) is 2. The molecule has 0 spiro atoms. The highest BCUT2D eigenvalue weighted by molar-refractivity contribution is 5.73. The molecule has 0 aromatic rings. The van der Waals surface area contributed by atoms with E-state index in [0.717, 1.165) is 6.42 Å². The van der Waals surface area contributed by atoms with Gasteiger partial charge in [-0.1, -0.05) is 13.8 Å². The smallest absolute Gasteiger partial charge is 0.341 e. The van der Waals surface area contributed by atoms with E-state index in [0.29, 0.717) is 0 Å². The minimum Gasteiger partial charge on any atom is -0.479 e. The Morgan fingerprint density at radius 3 is 2.21 bits per heavy atom. The Balaban J connectivity index is 2.76. The summed E-state index contributed by atoms with van der Waals surface area (Å²) >= 11 is 0. The van der Waals surface area contributed by atoms with Crippen molar-refractivity contribution in [1.29, 1.82) is 0 Å². The van der Waals surface area contributed by atoms with Crippen molar-refractivity contribution in [2.75, 3.05) is 0 Å². The second-order valence-electron chi connectivity index (χ2n) is 4.66. The molecule has 3 atom stereocenters. The van der Waals surface area contributed by atoms with Crippen molar-refractivity contribution < 1.29 is 19.4 Å². The summed E-state index contributed by atoms with van der Waals surface area (Å²) in [5.41, 5.74) is -1.66. The average Bonchev–Trinajstić information content (AvgIpc) is 1.99. The van der Waals surface area contributed by atoms with Crippen molar-refractivity contribution in [3.05, 3.63) is 0 Å². The summed E-state index contributed by atoms with van der Waals surface area (Å²) < 4.78 is 13.3. The summed E-state index contributed by atoms with van der Waals surface area (Å²) in [6.45, 7) is 3.82. The fourth-order valence-corrected chi connectivity index (χ4v) is 2.58. The van der Waals surface area contributed by atoms with Gasteiger partial charge in [0.05, 0.1) is 0 Å². The molecule has 0 radical (unpaired) electrons. The van der Waals surface area contributed by atoms with Crippen LogP contribution in [0.4, 0.5) is 4.39 Å². The van der Waals surface area contributed by atoms with Crippen molar-refractivity contribution in [2.24, 2.45) is 11.8 Å². The second-order valence-corrected chi connectivity index (χ2v) is 4.66. The lowest BCUT2D eigenvalue weighted by Gasteiger charge is -2.39. The lowest BCUT2D eigenvalue weighted by molar-refractivity contribution is -0.160. The zero-order valence-electron chi connectivity index (χ0n) is 8.53. The molecule has 1 rings (SSSR count). The third-order valence-corrected chi connectivity index (χ3v) is 2.90. The Hall–Kier alpha value is -0.640. The van der Waals surface area contributed by atoms with Crippen molar-refractivity contribution in [3.8, 4) is 0 Å². The van der Waals surface area contributed by atoms with Gasteiger partial charge in [-0.15, -0.1) is 0 Å². The van der Waals surface area contributed by atoms with Gasteiger partial charge in [0.1, 0.15) is 5.60 Å². The van der Waals surface area contributed by atoms with Crippen molar-refractivity contribution in [2.45, 2.75) is 44.9 Å². The van der Waals surface area contributed by atoms with Crippen LogP contribution in [0.3, 0.4) is 0 Å². The number of carboxylic acids is 1. The first-order valence-electron chi connectivity index (χ1n) is 4.94. The Kier molecular flexibility index (Phi) is 3.14. The highest BCUT2D eigenvalue weighted by atomic mass is 19.1. The standard InChI is InChI=1S/C10H17FO3/c1-6-3-7(2)5-10(14,4-6)8(11)9(12)13/h6-8,14H,3-5H2,1-2H3,(H,12,13). The molecular formula is C10H17FO3. The topological polar surface area (TPSA) is 57.5 Å². The van der Waals surface area contributed by atoms with Crippen LogP contribution >= 0.6 is 0 Å². The fourth-order valence-electron chi connectivity index (χ4n) is 2.58. The molecule has 0 amide bonds. The van der Waals surface area contributed by atoms with Crippen LogP contribution in [0.2, 0.25) is 0 Å². The lowest BCUT2D eigenvalue weighted by Crippen LogP contribution is -2.49. The molecule has 14 heavy (non-hydrogen) atoms. The van der Waals surface area contributed by atoms with E-state index in [9.17, 15) is 14.3 Å². The number of carbonyl (C=O) groups is 1. The third kappa shape index (κ3) is 2.23. The first-order valence-corrected chi connectivity index (χ1v) is 4.94.